The first-order valence-corrected chi connectivity index (χ1v) is 10.5. The standard InChI is InChI=1S/C21H19N3O6S/c1-14-13-15(3-12-20(14)24(26)27)21(25)22-16-6-10-19(11-7-16)31(28,29)23-17-4-8-18(30-2)9-5-17/h3-13,23H,1-2H3,(H,22,25). The molecule has 2 N–H and O–H groups in total. The average molecular weight is 441 g/mol. The van der Waals surface area contributed by atoms with Gasteiger partial charge in [-0.1, -0.05) is 0 Å². The Kier molecular flexibility index (Phi) is 6.21. The second kappa shape index (κ2) is 8.84. The molecule has 0 aliphatic rings. The maximum atomic E-state index is 12.6. The normalized spacial score (nSPS) is 10.9. The summed E-state index contributed by atoms with van der Waals surface area (Å²) in [6.07, 6.45) is 0. The van der Waals surface area contributed by atoms with Crippen LogP contribution < -0.4 is 14.8 Å². The second-order valence-corrected chi connectivity index (χ2v) is 8.25. The third-order valence-corrected chi connectivity index (χ3v) is 5.82. The van der Waals surface area contributed by atoms with Crippen LogP contribution in [0.3, 0.4) is 0 Å². The predicted molar refractivity (Wildman–Crippen MR) is 116 cm³/mol. The topological polar surface area (TPSA) is 128 Å². The first-order valence-electron chi connectivity index (χ1n) is 9.03. The van der Waals surface area contributed by atoms with E-state index in [4.69, 9.17) is 4.74 Å². The van der Waals surface area contributed by atoms with Crippen LogP contribution in [0.15, 0.2) is 71.6 Å². The lowest BCUT2D eigenvalue weighted by Crippen LogP contribution is -2.14. The van der Waals surface area contributed by atoms with Gasteiger partial charge in [0.1, 0.15) is 5.75 Å². The second-order valence-electron chi connectivity index (χ2n) is 6.57. The molecule has 0 saturated heterocycles. The monoisotopic (exact) mass is 441 g/mol. The van der Waals surface area contributed by atoms with E-state index in [0.717, 1.165) is 0 Å². The molecule has 0 aromatic heterocycles. The van der Waals surface area contributed by atoms with Crippen molar-refractivity contribution in [2.24, 2.45) is 0 Å². The van der Waals surface area contributed by atoms with E-state index in [-0.39, 0.29) is 16.1 Å². The van der Waals surface area contributed by atoms with Crippen LogP contribution in [0.4, 0.5) is 17.1 Å². The molecule has 0 radical (unpaired) electrons. The highest BCUT2D eigenvalue weighted by Gasteiger charge is 2.16. The summed E-state index contributed by atoms with van der Waals surface area (Å²) in [5, 5.41) is 13.5. The summed E-state index contributed by atoms with van der Waals surface area (Å²) in [6, 6.07) is 16.1. The van der Waals surface area contributed by atoms with E-state index < -0.39 is 20.9 Å². The van der Waals surface area contributed by atoms with E-state index in [0.29, 0.717) is 22.7 Å². The van der Waals surface area contributed by atoms with Gasteiger partial charge >= 0.3 is 0 Å². The Hall–Kier alpha value is -3.92. The summed E-state index contributed by atoms with van der Waals surface area (Å²) in [4.78, 5) is 22.8. The third kappa shape index (κ3) is 5.17. The van der Waals surface area contributed by atoms with Crippen LogP contribution >= 0.6 is 0 Å². The number of nitro benzene ring substituents is 1. The highest BCUT2D eigenvalue weighted by molar-refractivity contribution is 7.92. The molecule has 0 aliphatic heterocycles. The number of rotatable bonds is 7. The van der Waals surface area contributed by atoms with Crippen molar-refractivity contribution >= 4 is 33.0 Å². The number of sulfonamides is 1. The van der Waals surface area contributed by atoms with Crippen LogP contribution in [0.25, 0.3) is 0 Å². The fraction of sp³-hybridized carbons (Fsp3) is 0.0952. The number of nitro groups is 1. The Bertz CT molecular complexity index is 1220. The summed E-state index contributed by atoms with van der Waals surface area (Å²) < 4.78 is 32.6. The number of benzene rings is 3. The van der Waals surface area contributed by atoms with Crippen LogP contribution in [0.1, 0.15) is 15.9 Å². The Labute approximate surface area is 178 Å². The summed E-state index contributed by atoms with van der Waals surface area (Å²) in [5.74, 6) is 0.135. The van der Waals surface area contributed by atoms with Crippen LogP contribution in [-0.4, -0.2) is 26.4 Å². The van der Waals surface area contributed by atoms with Crippen molar-refractivity contribution in [3.05, 3.63) is 88.0 Å². The summed E-state index contributed by atoms with van der Waals surface area (Å²) >= 11 is 0. The van der Waals surface area contributed by atoms with Crippen molar-refractivity contribution in [3.63, 3.8) is 0 Å². The number of carbonyl (C=O) groups is 1. The molecule has 10 heteroatoms. The van der Waals surface area contributed by atoms with E-state index in [1.165, 1.54) is 49.6 Å². The predicted octanol–water partition coefficient (Wildman–Crippen LogP) is 3.96. The number of nitrogens with one attached hydrogen (secondary N) is 2. The van der Waals surface area contributed by atoms with Crippen molar-refractivity contribution < 1.29 is 22.9 Å². The van der Waals surface area contributed by atoms with Gasteiger partial charge in [-0.2, -0.15) is 0 Å². The summed E-state index contributed by atoms with van der Waals surface area (Å²) in [7, 11) is -2.30. The number of hydrogen-bond donors (Lipinski definition) is 2. The zero-order chi connectivity index (χ0) is 22.6. The molecule has 0 spiro atoms. The minimum absolute atomic E-state index is 0.0208. The minimum Gasteiger partial charge on any atom is -0.497 e. The molecule has 160 valence electrons. The molecule has 0 heterocycles. The number of anilines is 2. The maximum absolute atomic E-state index is 12.6. The fourth-order valence-corrected chi connectivity index (χ4v) is 3.85. The van der Waals surface area contributed by atoms with Gasteiger partial charge in [0.15, 0.2) is 0 Å². The van der Waals surface area contributed by atoms with E-state index in [1.807, 2.05) is 0 Å². The number of carbonyl (C=O) groups excluding carboxylic acids is 1. The first-order chi connectivity index (χ1) is 14.7. The van der Waals surface area contributed by atoms with E-state index in [2.05, 4.69) is 10.0 Å². The molecule has 3 aromatic rings. The molecule has 1 amide bonds. The molecule has 0 saturated carbocycles. The van der Waals surface area contributed by atoms with Gasteiger partial charge < -0.3 is 10.1 Å². The molecule has 0 atom stereocenters. The first kappa shape index (κ1) is 21.8. The molecular weight excluding hydrogens is 422 g/mol. The van der Waals surface area contributed by atoms with Crippen LogP contribution in [-0.2, 0) is 10.0 Å². The van der Waals surface area contributed by atoms with Crippen LogP contribution in [0, 0.1) is 17.0 Å². The molecule has 0 unspecified atom stereocenters. The molecular formula is C21H19N3O6S. The van der Waals surface area contributed by atoms with Gasteiger partial charge in [0, 0.05) is 28.6 Å². The van der Waals surface area contributed by atoms with Gasteiger partial charge in [0.05, 0.1) is 16.9 Å². The Morgan fingerprint density at radius 2 is 1.58 bits per heavy atom. The van der Waals surface area contributed by atoms with Gasteiger partial charge in [0.25, 0.3) is 21.6 Å². The van der Waals surface area contributed by atoms with Crippen LogP contribution in [0.2, 0.25) is 0 Å². The van der Waals surface area contributed by atoms with E-state index in [1.54, 1.807) is 31.2 Å². The average Bonchev–Trinajstić information content (AvgIpc) is 2.74. The largest absolute Gasteiger partial charge is 0.497 e. The number of aryl methyl sites for hydroxylation is 1. The van der Waals surface area contributed by atoms with E-state index >= 15 is 0 Å². The smallest absolute Gasteiger partial charge is 0.272 e. The van der Waals surface area contributed by atoms with Crippen molar-refractivity contribution in [1.82, 2.24) is 0 Å². The van der Waals surface area contributed by atoms with Gasteiger partial charge in [-0.15, -0.1) is 0 Å². The number of hydrogen-bond acceptors (Lipinski definition) is 6. The molecule has 0 bridgehead atoms. The number of ether oxygens (including phenoxy) is 1. The lowest BCUT2D eigenvalue weighted by molar-refractivity contribution is -0.385. The molecule has 9 nitrogen and oxygen atoms in total. The Balaban J connectivity index is 1.71. The lowest BCUT2D eigenvalue weighted by atomic mass is 10.1. The molecule has 31 heavy (non-hydrogen) atoms. The zero-order valence-electron chi connectivity index (χ0n) is 16.7. The minimum atomic E-state index is -3.82. The van der Waals surface area contributed by atoms with Gasteiger partial charge in [-0.05, 0) is 67.6 Å². The lowest BCUT2D eigenvalue weighted by Gasteiger charge is -2.10. The Morgan fingerprint density at radius 3 is 2.13 bits per heavy atom. The third-order valence-electron chi connectivity index (χ3n) is 4.42. The van der Waals surface area contributed by atoms with Crippen molar-refractivity contribution in [2.45, 2.75) is 11.8 Å². The molecule has 0 aliphatic carbocycles. The summed E-state index contributed by atoms with van der Waals surface area (Å²) in [5.41, 5.74) is 1.30. The fourth-order valence-electron chi connectivity index (χ4n) is 2.80. The highest BCUT2D eigenvalue weighted by atomic mass is 32.2. The van der Waals surface area contributed by atoms with Gasteiger partial charge in [-0.25, -0.2) is 8.42 Å². The van der Waals surface area contributed by atoms with Crippen molar-refractivity contribution in [2.75, 3.05) is 17.1 Å². The SMILES string of the molecule is COc1ccc(NS(=O)(=O)c2ccc(NC(=O)c3ccc([N+](=O)[O-])c(C)c3)cc2)cc1. The van der Waals surface area contributed by atoms with Gasteiger partial charge in [0.2, 0.25) is 0 Å². The van der Waals surface area contributed by atoms with Gasteiger partial charge in [-0.3, -0.25) is 19.6 Å². The number of nitrogens with zero attached hydrogens (tertiary/aromatic N) is 1. The van der Waals surface area contributed by atoms with Crippen molar-refractivity contribution in [3.8, 4) is 5.75 Å². The quantitative estimate of drug-likeness (QED) is 0.422. The molecule has 0 fully saturated rings. The molecule has 3 rings (SSSR count). The highest BCUT2D eigenvalue weighted by Crippen LogP contribution is 2.22. The van der Waals surface area contributed by atoms with E-state index in [9.17, 15) is 23.3 Å². The molecule has 3 aromatic carbocycles. The Morgan fingerprint density at radius 1 is 0.968 bits per heavy atom. The van der Waals surface area contributed by atoms with Crippen molar-refractivity contribution in [1.29, 1.82) is 0 Å². The maximum Gasteiger partial charge on any atom is 0.272 e. The summed E-state index contributed by atoms with van der Waals surface area (Å²) in [6.45, 7) is 1.55. The van der Waals surface area contributed by atoms with Crippen LogP contribution in [0.5, 0.6) is 5.75 Å². The number of amides is 1. The zero-order valence-corrected chi connectivity index (χ0v) is 17.5. The number of methoxy groups -OCH3 is 1.